The molecule has 0 unspecified atom stereocenters. The Hall–Kier alpha value is -2.29. The van der Waals surface area contributed by atoms with Crippen molar-refractivity contribution < 1.29 is 14.6 Å². The lowest BCUT2D eigenvalue weighted by molar-refractivity contribution is -0.147. The maximum atomic E-state index is 11.1. The van der Waals surface area contributed by atoms with Crippen molar-refractivity contribution in [2.24, 2.45) is 5.41 Å². The summed E-state index contributed by atoms with van der Waals surface area (Å²) < 4.78 is 5.73. The Bertz CT molecular complexity index is 660. The average molecular weight is 354 g/mol. The van der Waals surface area contributed by atoms with Gasteiger partial charge in [0.05, 0.1) is 12.0 Å². The molecule has 0 amide bonds. The summed E-state index contributed by atoms with van der Waals surface area (Å²) in [4.78, 5) is 11.1. The van der Waals surface area contributed by atoms with Crippen LogP contribution in [0.15, 0.2) is 54.6 Å². The van der Waals surface area contributed by atoms with Crippen molar-refractivity contribution in [3.05, 3.63) is 65.7 Å². The molecule has 0 atom stereocenters. The van der Waals surface area contributed by atoms with Crippen molar-refractivity contribution >= 4 is 5.97 Å². The Balaban J connectivity index is 1.64. The number of benzene rings is 2. The largest absolute Gasteiger partial charge is 0.494 e. The Morgan fingerprint density at radius 3 is 2.04 bits per heavy atom. The molecule has 1 N–H and O–H groups in total. The predicted octanol–water partition coefficient (Wildman–Crippen LogP) is 5.52. The lowest BCUT2D eigenvalue weighted by Gasteiger charge is -2.18. The van der Waals surface area contributed by atoms with E-state index in [0.29, 0.717) is 13.0 Å². The fourth-order valence-corrected chi connectivity index (χ4v) is 2.87. The zero-order chi connectivity index (χ0) is 18.8. The average Bonchev–Trinajstić information content (AvgIpc) is 2.64. The third-order valence-corrected chi connectivity index (χ3v) is 4.74. The van der Waals surface area contributed by atoms with Crippen molar-refractivity contribution in [1.82, 2.24) is 0 Å². The number of aliphatic carboxylic acids is 1. The second kappa shape index (κ2) is 10.0. The maximum Gasteiger partial charge on any atom is 0.309 e. The summed E-state index contributed by atoms with van der Waals surface area (Å²) in [5, 5.41) is 9.10. The first-order valence-corrected chi connectivity index (χ1v) is 9.46. The summed E-state index contributed by atoms with van der Waals surface area (Å²) in [5.74, 6) is 0.0975. The van der Waals surface area contributed by atoms with E-state index in [1.165, 1.54) is 24.0 Å². The number of carbonyl (C=O) groups is 1. The van der Waals surface area contributed by atoms with Gasteiger partial charge in [0.15, 0.2) is 0 Å². The molecular formula is C23H30O3. The Morgan fingerprint density at radius 2 is 1.46 bits per heavy atom. The molecule has 26 heavy (non-hydrogen) atoms. The predicted molar refractivity (Wildman–Crippen MR) is 106 cm³/mol. The quantitative estimate of drug-likeness (QED) is 0.540. The van der Waals surface area contributed by atoms with Crippen LogP contribution < -0.4 is 4.74 Å². The van der Waals surface area contributed by atoms with Crippen LogP contribution in [0.4, 0.5) is 0 Å². The van der Waals surface area contributed by atoms with Gasteiger partial charge in [-0.25, -0.2) is 0 Å². The lowest BCUT2D eigenvalue weighted by atomic mass is 9.88. The van der Waals surface area contributed by atoms with Gasteiger partial charge >= 0.3 is 5.97 Å². The zero-order valence-corrected chi connectivity index (χ0v) is 15.9. The highest BCUT2D eigenvalue weighted by Gasteiger charge is 2.26. The molecule has 3 heteroatoms. The van der Waals surface area contributed by atoms with Crippen molar-refractivity contribution in [3.63, 3.8) is 0 Å². The van der Waals surface area contributed by atoms with Crippen LogP contribution >= 0.6 is 0 Å². The Kier molecular flexibility index (Phi) is 7.71. The van der Waals surface area contributed by atoms with E-state index in [0.717, 1.165) is 25.0 Å². The molecule has 3 nitrogen and oxygen atoms in total. The minimum atomic E-state index is -0.755. The molecule has 2 aromatic carbocycles. The minimum Gasteiger partial charge on any atom is -0.494 e. The van der Waals surface area contributed by atoms with Gasteiger partial charge in [-0.1, -0.05) is 42.5 Å². The third kappa shape index (κ3) is 6.91. The highest BCUT2D eigenvalue weighted by atomic mass is 16.5. The molecule has 0 saturated heterocycles. The van der Waals surface area contributed by atoms with Crippen LogP contribution in [0.1, 0.15) is 50.7 Å². The van der Waals surface area contributed by atoms with Gasteiger partial charge < -0.3 is 9.84 Å². The van der Waals surface area contributed by atoms with Gasteiger partial charge in [-0.05, 0) is 75.6 Å². The lowest BCUT2D eigenvalue weighted by Crippen LogP contribution is -2.24. The SMILES string of the molecule is CC(C)(CCCOc1ccc(CCCCc2ccccc2)cc1)C(=O)O. The maximum absolute atomic E-state index is 11.1. The van der Waals surface area contributed by atoms with Crippen molar-refractivity contribution in [1.29, 1.82) is 0 Å². The Morgan fingerprint density at radius 1 is 0.885 bits per heavy atom. The van der Waals surface area contributed by atoms with E-state index in [1.807, 2.05) is 12.1 Å². The monoisotopic (exact) mass is 354 g/mol. The standard InChI is InChI=1S/C23H30O3/c1-23(2,22(24)25)17-8-18-26-21-15-13-20(14-16-21)12-7-6-11-19-9-4-3-5-10-19/h3-5,9-10,13-16H,6-8,11-12,17-18H2,1-2H3,(H,24,25). The first-order chi connectivity index (χ1) is 12.5. The smallest absolute Gasteiger partial charge is 0.309 e. The van der Waals surface area contributed by atoms with E-state index in [-0.39, 0.29) is 0 Å². The van der Waals surface area contributed by atoms with Gasteiger partial charge in [0.1, 0.15) is 5.75 Å². The fourth-order valence-electron chi connectivity index (χ4n) is 2.87. The number of ether oxygens (including phenoxy) is 1. The number of hydrogen-bond donors (Lipinski definition) is 1. The number of hydrogen-bond acceptors (Lipinski definition) is 2. The third-order valence-electron chi connectivity index (χ3n) is 4.74. The number of aryl methyl sites for hydroxylation is 2. The molecule has 0 fully saturated rings. The molecule has 0 saturated carbocycles. The normalized spacial score (nSPS) is 11.3. The van der Waals surface area contributed by atoms with Crippen LogP contribution in [0, 0.1) is 5.41 Å². The van der Waals surface area contributed by atoms with Crippen molar-refractivity contribution in [3.8, 4) is 5.75 Å². The molecule has 0 aliphatic heterocycles. The summed E-state index contributed by atoms with van der Waals surface area (Å²) in [6.07, 6.45) is 5.94. The molecule has 0 heterocycles. The minimum absolute atomic E-state index is 0.549. The second-order valence-electron chi connectivity index (χ2n) is 7.48. The van der Waals surface area contributed by atoms with Crippen molar-refractivity contribution in [2.45, 2.75) is 52.4 Å². The van der Waals surface area contributed by atoms with Crippen LogP contribution in [-0.2, 0) is 17.6 Å². The Labute approximate surface area is 157 Å². The van der Waals surface area contributed by atoms with Gasteiger partial charge in [0, 0.05) is 0 Å². The summed E-state index contributed by atoms with van der Waals surface area (Å²) in [6.45, 7) is 4.05. The van der Waals surface area contributed by atoms with E-state index < -0.39 is 11.4 Å². The van der Waals surface area contributed by atoms with Gasteiger partial charge in [0.2, 0.25) is 0 Å². The van der Waals surface area contributed by atoms with E-state index in [4.69, 9.17) is 9.84 Å². The van der Waals surface area contributed by atoms with Crippen LogP contribution in [0.25, 0.3) is 0 Å². The van der Waals surface area contributed by atoms with Crippen molar-refractivity contribution in [2.75, 3.05) is 6.61 Å². The first kappa shape index (κ1) is 20.0. The second-order valence-corrected chi connectivity index (χ2v) is 7.48. The van der Waals surface area contributed by atoms with E-state index in [1.54, 1.807) is 13.8 Å². The molecule has 2 rings (SSSR count). The summed E-state index contributed by atoms with van der Waals surface area (Å²) >= 11 is 0. The van der Waals surface area contributed by atoms with Crippen LogP contribution in [0.2, 0.25) is 0 Å². The van der Waals surface area contributed by atoms with Gasteiger partial charge in [-0.15, -0.1) is 0 Å². The van der Waals surface area contributed by atoms with Crippen LogP contribution in [0.3, 0.4) is 0 Å². The topological polar surface area (TPSA) is 46.5 Å². The number of carboxylic acid groups (broad SMARTS) is 1. The summed E-state index contributed by atoms with van der Waals surface area (Å²) in [6, 6.07) is 18.9. The van der Waals surface area contributed by atoms with E-state index >= 15 is 0 Å². The number of rotatable bonds is 11. The first-order valence-electron chi connectivity index (χ1n) is 9.46. The summed E-state index contributed by atoms with van der Waals surface area (Å²) in [5.41, 5.74) is 2.05. The molecule has 0 aliphatic rings. The fraction of sp³-hybridized carbons (Fsp3) is 0.435. The van der Waals surface area contributed by atoms with Crippen LogP contribution in [-0.4, -0.2) is 17.7 Å². The van der Waals surface area contributed by atoms with Gasteiger partial charge in [-0.3, -0.25) is 4.79 Å². The molecule has 0 radical (unpaired) electrons. The highest BCUT2D eigenvalue weighted by Crippen LogP contribution is 2.23. The number of unbranched alkanes of at least 4 members (excludes halogenated alkanes) is 1. The molecule has 0 aliphatic carbocycles. The molecule has 0 aromatic heterocycles. The zero-order valence-electron chi connectivity index (χ0n) is 15.9. The van der Waals surface area contributed by atoms with Gasteiger partial charge in [-0.2, -0.15) is 0 Å². The summed E-state index contributed by atoms with van der Waals surface area (Å²) in [7, 11) is 0. The molecule has 2 aromatic rings. The van der Waals surface area contributed by atoms with Crippen LogP contribution in [0.5, 0.6) is 5.75 Å². The van der Waals surface area contributed by atoms with E-state index in [9.17, 15) is 4.79 Å². The number of carboxylic acids is 1. The molecule has 0 bridgehead atoms. The molecular weight excluding hydrogens is 324 g/mol. The molecule has 140 valence electrons. The molecule has 0 spiro atoms. The van der Waals surface area contributed by atoms with E-state index in [2.05, 4.69) is 42.5 Å². The van der Waals surface area contributed by atoms with Gasteiger partial charge in [0.25, 0.3) is 0 Å². The highest BCUT2D eigenvalue weighted by molar-refractivity contribution is 5.73.